The second kappa shape index (κ2) is 9.37. The third-order valence-electron chi connectivity index (χ3n) is 4.88. The van der Waals surface area contributed by atoms with Gasteiger partial charge in [-0.25, -0.2) is 8.78 Å². The van der Waals surface area contributed by atoms with Gasteiger partial charge in [-0.05, 0) is 48.1 Å². The summed E-state index contributed by atoms with van der Waals surface area (Å²) in [5.74, 6) is -2.97. The SMILES string of the molecule is CCCc1ccc(-c2c([O])cc(F)c(CCc3ccc(OC(F)(F)F)cc3)c2F)cc1. The predicted octanol–water partition coefficient (Wildman–Crippen LogP) is 7.41. The fourth-order valence-corrected chi connectivity index (χ4v) is 3.39. The van der Waals surface area contributed by atoms with Gasteiger partial charge in [0.15, 0.2) is 5.75 Å². The Morgan fingerprint density at radius 3 is 2.00 bits per heavy atom. The van der Waals surface area contributed by atoms with Crippen LogP contribution < -0.4 is 4.74 Å². The minimum atomic E-state index is -4.79. The van der Waals surface area contributed by atoms with Crippen molar-refractivity contribution in [1.29, 1.82) is 0 Å². The molecule has 1 radical (unpaired) electrons. The maximum Gasteiger partial charge on any atom is 0.573 e. The van der Waals surface area contributed by atoms with Gasteiger partial charge in [-0.3, -0.25) is 5.11 Å². The van der Waals surface area contributed by atoms with Gasteiger partial charge in [0.2, 0.25) is 0 Å². The van der Waals surface area contributed by atoms with Crippen LogP contribution in [0.5, 0.6) is 11.5 Å². The van der Waals surface area contributed by atoms with Crippen LogP contribution >= 0.6 is 0 Å². The van der Waals surface area contributed by atoms with Gasteiger partial charge in [-0.2, -0.15) is 0 Å². The molecule has 0 fully saturated rings. The van der Waals surface area contributed by atoms with Gasteiger partial charge in [0, 0.05) is 11.6 Å². The number of alkyl halides is 3. The van der Waals surface area contributed by atoms with Crippen LogP contribution in [0, 0.1) is 11.6 Å². The van der Waals surface area contributed by atoms with E-state index in [0.29, 0.717) is 11.1 Å². The van der Waals surface area contributed by atoms with Crippen LogP contribution in [0.2, 0.25) is 0 Å². The highest BCUT2D eigenvalue weighted by atomic mass is 19.4. The molecule has 0 spiro atoms. The van der Waals surface area contributed by atoms with Crippen LogP contribution in [-0.2, 0) is 24.4 Å². The summed E-state index contributed by atoms with van der Waals surface area (Å²) in [4.78, 5) is 0. The Morgan fingerprint density at radius 2 is 1.42 bits per heavy atom. The minimum Gasteiger partial charge on any atom is -0.406 e. The molecule has 0 saturated carbocycles. The van der Waals surface area contributed by atoms with Crippen LogP contribution in [0.3, 0.4) is 0 Å². The second-order valence-electron chi connectivity index (χ2n) is 7.16. The Morgan fingerprint density at radius 1 is 0.839 bits per heavy atom. The van der Waals surface area contributed by atoms with Gasteiger partial charge in [-0.15, -0.1) is 13.2 Å². The zero-order valence-electron chi connectivity index (χ0n) is 16.7. The van der Waals surface area contributed by atoms with Crippen molar-refractivity contribution in [2.75, 3.05) is 0 Å². The van der Waals surface area contributed by atoms with Crippen molar-refractivity contribution in [3.63, 3.8) is 0 Å². The van der Waals surface area contributed by atoms with Gasteiger partial charge in [0.1, 0.15) is 17.4 Å². The van der Waals surface area contributed by atoms with Gasteiger partial charge >= 0.3 is 6.36 Å². The number of ether oxygens (including phenoxy) is 1. The van der Waals surface area contributed by atoms with E-state index in [0.717, 1.165) is 36.6 Å². The van der Waals surface area contributed by atoms with E-state index >= 15 is 4.39 Å². The molecule has 0 atom stereocenters. The highest BCUT2D eigenvalue weighted by Gasteiger charge is 2.31. The normalized spacial score (nSPS) is 11.5. The molecule has 163 valence electrons. The maximum absolute atomic E-state index is 15.1. The summed E-state index contributed by atoms with van der Waals surface area (Å²) in [7, 11) is 0. The molecule has 0 aliphatic rings. The summed E-state index contributed by atoms with van der Waals surface area (Å²) in [5, 5.41) is 12.3. The highest BCUT2D eigenvalue weighted by Crippen LogP contribution is 2.36. The monoisotopic (exact) mass is 435 g/mol. The Balaban J connectivity index is 1.81. The summed E-state index contributed by atoms with van der Waals surface area (Å²) in [5.41, 5.74) is 1.58. The maximum atomic E-state index is 15.1. The van der Waals surface area contributed by atoms with E-state index in [9.17, 15) is 22.7 Å². The van der Waals surface area contributed by atoms with Crippen molar-refractivity contribution in [2.24, 2.45) is 0 Å². The lowest BCUT2D eigenvalue weighted by Crippen LogP contribution is -2.17. The van der Waals surface area contributed by atoms with E-state index in [4.69, 9.17) is 0 Å². The summed E-state index contributed by atoms with van der Waals surface area (Å²) in [6, 6.07) is 12.7. The first kappa shape index (κ1) is 22.6. The first-order valence-corrected chi connectivity index (χ1v) is 9.80. The molecule has 0 N–H and O–H groups in total. The molecule has 0 unspecified atom stereocenters. The number of halogens is 5. The van der Waals surface area contributed by atoms with Crippen molar-refractivity contribution in [3.8, 4) is 22.6 Å². The molecule has 0 bridgehead atoms. The van der Waals surface area contributed by atoms with Crippen molar-refractivity contribution in [1.82, 2.24) is 0 Å². The lowest BCUT2D eigenvalue weighted by Gasteiger charge is -2.12. The molecular weight excluding hydrogens is 415 g/mol. The second-order valence-corrected chi connectivity index (χ2v) is 7.16. The Kier molecular flexibility index (Phi) is 6.83. The summed E-state index contributed by atoms with van der Waals surface area (Å²) < 4.78 is 70.0. The van der Waals surface area contributed by atoms with Crippen LogP contribution in [0.1, 0.15) is 30.0 Å². The number of aryl methyl sites for hydroxylation is 2. The molecule has 0 aliphatic carbocycles. The van der Waals surface area contributed by atoms with E-state index < -0.39 is 23.7 Å². The topological polar surface area (TPSA) is 29.1 Å². The lowest BCUT2D eigenvalue weighted by atomic mass is 9.95. The standard InChI is InChI=1S/C24H20F5O2/c1-2-3-15-4-9-17(10-5-15)22-21(30)14-20(25)19(23(22)26)13-8-16-6-11-18(12-7-16)31-24(27,28)29/h4-7,9-12,14H,2-3,8,13H2,1H3. The van der Waals surface area contributed by atoms with Crippen LogP contribution in [-0.4, -0.2) is 6.36 Å². The summed E-state index contributed by atoms with van der Waals surface area (Å²) in [6.45, 7) is 2.03. The molecule has 0 amide bonds. The Labute approximate surface area is 176 Å². The van der Waals surface area contributed by atoms with E-state index in [-0.39, 0.29) is 29.7 Å². The summed E-state index contributed by atoms with van der Waals surface area (Å²) in [6.07, 6.45) is -2.87. The van der Waals surface area contributed by atoms with E-state index in [1.165, 1.54) is 12.1 Å². The molecule has 3 rings (SSSR count). The molecular formula is C24H20F5O2. The van der Waals surface area contributed by atoms with E-state index in [1.807, 2.05) is 19.1 Å². The molecule has 7 heteroatoms. The highest BCUT2D eigenvalue weighted by molar-refractivity contribution is 5.72. The molecule has 31 heavy (non-hydrogen) atoms. The number of hydrogen-bond acceptors (Lipinski definition) is 1. The van der Waals surface area contributed by atoms with Gasteiger partial charge in [0.05, 0.1) is 5.56 Å². The Bertz CT molecular complexity index is 1030. The lowest BCUT2D eigenvalue weighted by molar-refractivity contribution is -0.274. The van der Waals surface area contributed by atoms with Crippen molar-refractivity contribution in [3.05, 3.63) is 82.9 Å². The largest absolute Gasteiger partial charge is 0.573 e. The fourth-order valence-electron chi connectivity index (χ4n) is 3.39. The van der Waals surface area contributed by atoms with Gasteiger partial charge in [-0.1, -0.05) is 49.7 Å². The first-order valence-electron chi connectivity index (χ1n) is 9.80. The van der Waals surface area contributed by atoms with Crippen molar-refractivity contribution >= 4 is 0 Å². The van der Waals surface area contributed by atoms with Crippen LogP contribution in [0.4, 0.5) is 22.0 Å². The quantitative estimate of drug-likeness (QED) is 0.355. The smallest absolute Gasteiger partial charge is 0.406 e. The number of rotatable bonds is 7. The fraction of sp³-hybridized carbons (Fsp3) is 0.250. The van der Waals surface area contributed by atoms with Gasteiger partial charge in [0.25, 0.3) is 0 Å². The molecule has 3 aromatic rings. The van der Waals surface area contributed by atoms with Crippen LogP contribution in [0.25, 0.3) is 11.1 Å². The average Bonchev–Trinajstić information content (AvgIpc) is 2.69. The van der Waals surface area contributed by atoms with Gasteiger partial charge < -0.3 is 4.74 Å². The van der Waals surface area contributed by atoms with Crippen molar-refractivity contribution < 1.29 is 31.8 Å². The zero-order valence-corrected chi connectivity index (χ0v) is 16.7. The molecule has 0 heterocycles. The summed E-state index contributed by atoms with van der Waals surface area (Å²) >= 11 is 0. The molecule has 3 aromatic carbocycles. The Hall–Kier alpha value is -3.09. The van der Waals surface area contributed by atoms with E-state index in [1.54, 1.807) is 12.1 Å². The predicted molar refractivity (Wildman–Crippen MR) is 106 cm³/mol. The minimum absolute atomic E-state index is 0.0572. The molecule has 0 aromatic heterocycles. The average molecular weight is 435 g/mol. The number of benzene rings is 3. The molecule has 2 nitrogen and oxygen atoms in total. The molecule has 0 aliphatic heterocycles. The number of hydrogen-bond donors (Lipinski definition) is 0. The zero-order chi connectivity index (χ0) is 22.6. The third kappa shape index (κ3) is 5.75. The van der Waals surface area contributed by atoms with Crippen molar-refractivity contribution in [2.45, 2.75) is 39.0 Å². The van der Waals surface area contributed by atoms with E-state index in [2.05, 4.69) is 4.74 Å². The molecule has 0 saturated heterocycles. The third-order valence-corrected chi connectivity index (χ3v) is 4.88. The first-order chi connectivity index (χ1) is 14.7. The van der Waals surface area contributed by atoms with Crippen LogP contribution in [0.15, 0.2) is 54.6 Å².